The van der Waals surface area contributed by atoms with Gasteiger partial charge >= 0.3 is 0 Å². The van der Waals surface area contributed by atoms with Crippen LogP contribution in [0.4, 0.5) is 0 Å². The summed E-state index contributed by atoms with van der Waals surface area (Å²) in [5.41, 5.74) is 0.511. The summed E-state index contributed by atoms with van der Waals surface area (Å²) in [6.45, 7) is 2.28. The number of hydrogen-bond acceptors (Lipinski definition) is 4. The Bertz CT molecular complexity index is 542. The van der Waals surface area contributed by atoms with Crippen LogP contribution in [-0.4, -0.2) is 60.3 Å². The van der Waals surface area contributed by atoms with Crippen LogP contribution in [0.5, 0.6) is 5.75 Å². The maximum absolute atomic E-state index is 12.2. The molecule has 2 rings (SSSR count). The molecule has 1 atom stereocenters. The fourth-order valence-electron chi connectivity index (χ4n) is 3.07. The van der Waals surface area contributed by atoms with Gasteiger partial charge in [-0.25, -0.2) is 0 Å². The van der Waals surface area contributed by atoms with Crippen molar-refractivity contribution in [2.75, 3.05) is 33.7 Å². The number of nitrogens with zero attached hydrogens (tertiary/aromatic N) is 2. The fraction of sp³-hybridized carbons (Fsp3) is 0.556. The Labute approximate surface area is 137 Å². The van der Waals surface area contributed by atoms with Crippen LogP contribution in [0.2, 0.25) is 0 Å². The number of carbonyl (C=O) groups excluding carboxylic acids is 2. The number of aromatic hydroxyl groups is 1. The molecule has 0 bridgehead atoms. The van der Waals surface area contributed by atoms with Gasteiger partial charge in [-0.2, -0.15) is 0 Å². The molecule has 0 aromatic heterocycles. The molecule has 1 N–H and O–H groups in total. The number of piperidine rings is 1. The Morgan fingerprint density at radius 1 is 1.30 bits per heavy atom. The number of Topliss-reactive ketones (excluding diaryl/α,β-unsaturated/α-hetero) is 1. The van der Waals surface area contributed by atoms with Crippen molar-refractivity contribution >= 4 is 11.7 Å². The van der Waals surface area contributed by atoms with E-state index in [4.69, 9.17) is 0 Å². The third kappa shape index (κ3) is 5.36. The molecule has 0 saturated carbocycles. The van der Waals surface area contributed by atoms with Crippen molar-refractivity contribution in [2.45, 2.75) is 25.7 Å². The monoisotopic (exact) mass is 318 g/mol. The Balaban J connectivity index is 1.78. The molecule has 1 fully saturated rings. The minimum atomic E-state index is -0.113. The third-order valence-electron chi connectivity index (χ3n) is 4.48. The largest absolute Gasteiger partial charge is 0.508 e. The standard InChI is InChI=1S/C18H26N2O3/c1-19-11-3-4-14(12-19)5-10-18(23)20(2)13-17(22)15-6-8-16(21)9-7-15/h6-9,14,21H,3-5,10-13H2,1-2H3/t14-/m0/s1. The number of phenols is 1. The summed E-state index contributed by atoms with van der Waals surface area (Å²) in [5.74, 6) is 0.617. The van der Waals surface area contributed by atoms with Crippen molar-refractivity contribution in [3.05, 3.63) is 29.8 Å². The van der Waals surface area contributed by atoms with Crippen molar-refractivity contribution < 1.29 is 14.7 Å². The van der Waals surface area contributed by atoms with E-state index in [2.05, 4.69) is 11.9 Å². The predicted molar refractivity (Wildman–Crippen MR) is 89.5 cm³/mol. The molecule has 1 aromatic carbocycles. The maximum atomic E-state index is 12.2. The van der Waals surface area contributed by atoms with Gasteiger partial charge in [-0.05, 0) is 63.0 Å². The number of rotatable bonds is 6. The van der Waals surface area contributed by atoms with Crippen LogP contribution in [0.1, 0.15) is 36.0 Å². The number of benzene rings is 1. The summed E-state index contributed by atoms with van der Waals surface area (Å²) in [6, 6.07) is 6.12. The van der Waals surface area contributed by atoms with E-state index in [9.17, 15) is 14.7 Å². The number of phenolic OH excluding ortho intramolecular Hbond substituents is 1. The van der Waals surface area contributed by atoms with Crippen LogP contribution >= 0.6 is 0 Å². The molecule has 1 heterocycles. The molecule has 5 nitrogen and oxygen atoms in total. The number of hydrogen-bond donors (Lipinski definition) is 1. The van der Waals surface area contributed by atoms with Crippen molar-refractivity contribution in [1.29, 1.82) is 0 Å². The smallest absolute Gasteiger partial charge is 0.222 e. The van der Waals surface area contributed by atoms with E-state index >= 15 is 0 Å². The van der Waals surface area contributed by atoms with Crippen molar-refractivity contribution in [3.63, 3.8) is 0 Å². The second kappa shape index (κ2) is 8.11. The summed E-state index contributed by atoms with van der Waals surface area (Å²) in [5, 5.41) is 9.24. The van der Waals surface area contributed by atoms with E-state index in [-0.39, 0.29) is 24.0 Å². The predicted octanol–water partition coefficient (Wildman–Crippen LogP) is 2.16. The van der Waals surface area contributed by atoms with E-state index in [0.717, 1.165) is 19.5 Å². The zero-order chi connectivity index (χ0) is 16.8. The Morgan fingerprint density at radius 3 is 2.65 bits per heavy atom. The van der Waals surface area contributed by atoms with Gasteiger partial charge in [-0.3, -0.25) is 9.59 Å². The lowest BCUT2D eigenvalue weighted by molar-refractivity contribution is -0.129. The molecule has 5 heteroatoms. The van der Waals surface area contributed by atoms with E-state index in [1.165, 1.54) is 29.9 Å². The zero-order valence-electron chi connectivity index (χ0n) is 14.0. The summed E-state index contributed by atoms with van der Waals surface area (Å²) < 4.78 is 0. The van der Waals surface area contributed by atoms with Crippen molar-refractivity contribution in [3.8, 4) is 5.75 Å². The van der Waals surface area contributed by atoms with Crippen LogP contribution in [-0.2, 0) is 4.79 Å². The molecule has 0 spiro atoms. The Kier molecular flexibility index (Phi) is 6.16. The second-order valence-corrected chi connectivity index (χ2v) is 6.53. The van der Waals surface area contributed by atoms with E-state index in [1.54, 1.807) is 19.2 Å². The quantitative estimate of drug-likeness (QED) is 0.817. The summed E-state index contributed by atoms with van der Waals surface area (Å²) in [4.78, 5) is 28.2. The van der Waals surface area contributed by atoms with Crippen LogP contribution in [0.3, 0.4) is 0 Å². The summed E-state index contributed by atoms with van der Waals surface area (Å²) in [7, 11) is 3.80. The van der Waals surface area contributed by atoms with Gasteiger partial charge in [-0.1, -0.05) is 0 Å². The highest BCUT2D eigenvalue weighted by Gasteiger charge is 2.20. The van der Waals surface area contributed by atoms with E-state index in [0.29, 0.717) is 17.9 Å². The highest BCUT2D eigenvalue weighted by atomic mass is 16.3. The topological polar surface area (TPSA) is 60.9 Å². The molecule has 0 aliphatic carbocycles. The molecule has 1 amide bonds. The highest BCUT2D eigenvalue weighted by molar-refractivity contribution is 5.99. The minimum Gasteiger partial charge on any atom is -0.508 e. The number of likely N-dealkylation sites (N-methyl/N-ethyl adjacent to an activating group) is 1. The number of carbonyl (C=O) groups is 2. The third-order valence-corrected chi connectivity index (χ3v) is 4.48. The molecule has 1 aliphatic heterocycles. The second-order valence-electron chi connectivity index (χ2n) is 6.53. The first kappa shape index (κ1) is 17.5. The van der Waals surface area contributed by atoms with E-state index in [1.807, 2.05) is 0 Å². The molecule has 0 radical (unpaired) electrons. The Hall–Kier alpha value is -1.88. The number of likely N-dealkylation sites (tertiary alicyclic amines) is 1. The first-order valence-corrected chi connectivity index (χ1v) is 8.20. The number of ketones is 1. The minimum absolute atomic E-state index is 0.0188. The van der Waals surface area contributed by atoms with Gasteiger partial charge in [-0.15, -0.1) is 0 Å². The number of amides is 1. The lowest BCUT2D eigenvalue weighted by Crippen LogP contribution is -2.35. The van der Waals surface area contributed by atoms with Crippen LogP contribution in [0.15, 0.2) is 24.3 Å². The highest BCUT2D eigenvalue weighted by Crippen LogP contribution is 2.20. The Morgan fingerprint density at radius 2 is 2.00 bits per heavy atom. The van der Waals surface area contributed by atoms with E-state index < -0.39 is 0 Å². The molecule has 23 heavy (non-hydrogen) atoms. The first-order chi connectivity index (χ1) is 11.0. The van der Waals surface area contributed by atoms with Crippen LogP contribution in [0.25, 0.3) is 0 Å². The molecule has 1 aromatic rings. The summed E-state index contributed by atoms with van der Waals surface area (Å²) >= 11 is 0. The average molecular weight is 318 g/mol. The molecule has 0 unspecified atom stereocenters. The molecular formula is C18H26N2O3. The maximum Gasteiger partial charge on any atom is 0.222 e. The lowest BCUT2D eigenvalue weighted by atomic mass is 9.93. The van der Waals surface area contributed by atoms with Crippen LogP contribution in [0, 0.1) is 5.92 Å². The zero-order valence-corrected chi connectivity index (χ0v) is 14.0. The van der Waals surface area contributed by atoms with Gasteiger partial charge in [0.15, 0.2) is 5.78 Å². The fourth-order valence-corrected chi connectivity index (χ4v) is 3.07. The molecule has 126 valence electrons. The molecule has 1 saturated heterocycles. The van der Waals surface area contributed by atoms with Gasteiger partial charge in [0, 0.05) is 25.6 Å². The van der Waals surface area contributed by atoms with Crippen LogP contribution < -0.4 is 0 Å². The van der Waals surface area contributed by atoms with Gasteiger partial charge in [0.25, 0.3) is 0 Å². The van der Waals surface area contributed by atoms with Gasteiger partial charge in [0.05, 0.1) is 6.54 Å². The van der Waals surface area contributed by atoms with Gasteiger partial charge in [0.2, 0.25) is 5.91 Å². The summed E-state index contributed by atoms with van der Waals surface area (Å²) in [6.07, 6.45) is 3.77. The van der Waals surface area contributed by atoms with Gasteiger partial charge < -0.3 is 14.9 Å². The SMILES string of the molecule is CN1CCC[C@@H](CCC(=O)N(C)CC(=O)c2ccc(O)cc2)C1. The normalized spacial score (nSPS) is 18.6. The van der Waals surface area contributed by atoms with Gasteiger partial charge in [0.1, 0.15) is 5.75 Å². The lowest BCUT2D eigenvalue weighted by Gasteiger charge is -2.29. The van der Waals surface area contributed by atoms with Crippen molar-refractivity contribution in [2.24, 2.45) is 5.92 Å². The van der Waals surface area contributed by atoms with Crippen molar-refractivity contribution in [1.82, 2.24) is 9.80 Å². The molecule has 1 aliphatic rings. The average Bonchev–Trinajstić information content (AvgIpc) is 2.53. The first-order valence-electron chi connectivity index (χ1n) is 8.20. The molecular weight excluding hydrogens is 292 g/mol.